The summed E-state index contributed by atoms with van der Waals surface area (Å²) in [7, 11) is 1.75. The lowest BCUT2D eigenvalue weighted by Crippen LogP contribution is -2.14. The fourth-order valence-electron chi connectivity index (χ4n) is 1.58. The van der Waals surface area contributed by atoms with Gasteiger partial charge in [0.25, 0.3) is 5.91 Å². The topological polar surface area (TPSA) is 54.0 Å². The van der Waals surface area contributed by atoms with Crippen LogP contribution in [-0.2, 0) is 0 Å². The average Bonchev–Trinajstić information content (AvgIpc) is 2.42. The molecule has 0 atom stereocenters. The highest BCUT2D eigenvalue weighted by molar-refractivity contribution is 9.10. The van der Waals surface area contributed by atoms with Crippen molar-refractivity contribution in [2.75, 3.05) is 17.7 Å². The number of carbonyl (C=O) groups is 1. The molecule has 6 heteroatoms. The van der Waals surface area contributed by atoms with Gasteiger partial charge in [0.05, 0.1) is 16.3 Å². The molecule has 0 fully saturated rings. The molecule has 1 amide bonds. The van der Waals surface area contributed by atoms with Crippen LogP contribution < -0.4 is 10.6 Å². The molecule has 0 saturated heterocycles. The summed E-state index contributed by atoms with van der Waals surface area (Å²) < 4.78 is 0.840. The van der Waals surface area contributed by atoms with Gasteiger partial charge in [0.2, 0.25) is 0 Å². The van der Waals surface area contributed by atoms with Gasteiger partial charge in [-0.2, -0.15) is 0 Å². The second kappa shape index (κ2) is 6.04. The largest absolute Gasteiger partial charge is 0.387 e. The molecule has 2 rings (SSSR count). The highest BCUT2D eigenvalue weighted by Crippen LogP contribution is 2.26. The molecule has 0 spiro atoms. The Morgan fingerprint density at radius 1 is 1.32 bits per heavy atom. The molecule has 1 aromatic carbocycles. The van der Waals surface area contributed by atoms with Crippen LogP contribution in [0.3, 0.4) is 0 Å². The molecule has 0 unspecified atom stereocenters. The van der Waals surface area contributed by atoms with E-state index in [9.17, 15) is 4.79 Å². The second-order valence-corrected chi connectivity index (χ2v) is 5.07. The molecule has 0 bridgehead atoms. The van der Waals surface area contributed by atoms with Gasteiger partial charge in [0, 0.05) is 29.6 Å². The first-order chi connectivity index (χ1) is 9.11. The van der Waals surface area contributed by atoms with Crippen LogP contribution in [0.5, 0.6) is 0 Å². The summed E-state index contributed by atoms with van der Waals surface area (Å²) in [5, 5.41) is 6.18. The molecule has 0 aliphatic rings. The van der Waals surface area contributed by atoms with Crippen LogP contribution in [-0.4, -0.2) is 17.9 Å². The number of amides is 1. The summed E-state index contributed by atoms with van der Waals surface area (Å²) in [5.41, 5.74) is 1.71. The predicted molar refractivity (Wildman–Crippen MR) is 80.9 cm³/mol. The summed E-state index contributed by atoms with van der Waals surface area (Å²) >= 11 is 9.37. The minimum Gasteiger partial charge on any atom is -0.387 e. The molecule has 0 aliphatic heterocycles. The monoisotopic (exact) mass is 339 g/mol. The first kappa shape index (κ1) is 13.8. The summed E-state index contributed by atoms with van der Waals surface area (Å²) in [6.45, 7) is 0. The molecule has 0 aliphatic carbocycles. The van der Waals surface area contributed by atoms with Crippen LogP contribution in [0.4, 0.5) is 11.4 Å². The van der Waals surface area contributed by atoms with E-state index < -0.39 is 0 Å². The van der Waals surface area contributed by atoms with Crippen molar-refractivity contribution in [1.82, 2.24) is 4.98 Å². The molecule has 98 valence electrons. The molecular weight excluding hydrogens is 330 g/mol. The number of pyridine rings is 1. The van der Waals surface area contributed by atoms with Crippen LogP contribution in [0.25, 0.3) is 0 Å². The summed E-state index contributed by atoms with van der Waals surface area (Å²) in [6.07, 6.45) is 3.13. The lowest BCUT2D eigenvalue weighted by atomic mass is 10.2. The van der Waals surface area contributed by atoms with Crippen molar-refractivity contribution in [3.8, 4) is 0 Å². The fourth-order valence-corrected chi connectivity index (χ4v) is 2.10. The average molecular weight is 341 g/mol. The van der Waals surface area contributed by atoms with Crippen molar-refractivity contribution >= 4 is 44.8 Å². The zero-order chi connectivity index (χ0) is 13.8. The van der Waals surface area contributed by atoms with E-state index in [1.807, 2.05) is 0 Å². The van der Waals surface area contributed by atoms with E-state index in [1.54, 1.807) is 37.5 Å². The van der Waals surface area contributed by atoms with E-state index >= 15 is 0 Å². The van der Waals surface area contributed by atoms with Crippen LogP contribution in [0, 0.1) is 0 Å². The molecule has 0 saturated carbocycles. The molecular formula is C13H11BrClN3O. The number of nitrogens with one attached hydrogen (secondary N) is 2. The van der Waals surface area contributed by atoms with Gasteiger partial charge in [0.1, 0.15) is 0 Å². The zero-order valence-electron chi connectivity index (χ0n) is 10.1. The predicted octanol–water partition coefficient (Wildman–Crippen LogP) is 3.79. The maximum atomic E-state index is 12.2. The minimum atomic E-state index is -0.266. The Morgan fingerprint density at radius 3 is 2.84 bits per heavy atom. The lowest BCUT2D eigenvalue weighted by Gasteiger charge is -2.10. The first-order valence-corrected chi connectivity index (χ1v) is 6.67. The van der Waals surface area contributed by atoms with Crippen LogP contribution >= 0.6 is 27.5 Å². The highest BCUT2D eigenvalue weighted by atomic mass is 79.9. The van der Waals surface area contributed by atoms with Gasteiger partial charge >= 0.3 is 0 Å². The minimum absolute atomic E-state index is 0.266. The fraction of sp³-hybridized carbons (Fsp3) is 0.0769. The van der Waals surface area contributed by atoms with E-state index in [0.29, 0.717) is 22.0 Å². The van der Waals surface area contributed by atoms with Crippen LogP contribution in [0.15, 0.2) is 41.1 Å². The number of carbonyl (C=O) groups excluding carboxylic acids is 1. The van der Waals surface area contributed by atoms with E-state index in [4.69, 9.17) is 11.6 Å². The molecule has 2 N–H and O–H groups in total. The number of benzene rings is 1. The number of anilines is 2. The van der Waals surface area contributed by atoms with Crippen molar-refractivity contribution in [2.24, 2.45) is 0 Å². The Hall–Kier alpha value is -1.59. The SMILES string of the molecule is CNc1ccncc1C(=O)Nc1cc(Br)ccc1Cl. The number of hydrogen-bond donors (Lipinski definition) is 2. The number of rotatable bonds is 3. The first-order valence-electron chi connectivity index (χ1n) is 5.50. The van der Waals surface area contributed by atoms with Crippen molar-refractivity contribution in [3.05, 3.63) is 51.7 Å². The van der Waals surface area contributed by atoms with Gasteiger partial charge in [-0.1, -0.05) is 27.5 Å². The van der Waals surface area contributed by atoms with Gasteiger partial charge in [-0.15, -0.1) is 0 Å². The number of aromatic nitrogens is 1. The Morgan fingerprint density at radius 2 is 2.11 bits per heavy atom. The maximum Gasteiger partial charge on any atom is 0.259 e. The standard InChI is InChI=1S/C13H11BrClN3O/c1-16-11-4-5-17-7-9(11)13(19)18-12-6-8(14)2-3-10(12)15/h2-7H,1H3,(H,16,17)(H,18,19). The van der Waals surface area contributed by atoms with Gasteiger partial charge in [-0.05, 0) is 24.3 Å². The Labute approximate surface area is 124 Å². The van der Waals surface area contributed by atoms with Crippen molar-refractivity contribution in [3.63, 3.8) is 0 Å². The smallest absolute Gasteiger partial charge is 0.259 e. The van der Waals surface area contributed by atoms with E-state index in [2.05, 4.69) is 31.5 Å². The lowest BCUT2D eigenvalue weighted by molar-refractivity contribution is 0.102. The van der Waals surface area contributed by atoms with E-state index in [-0.39, 0.29) is 5.91 Å². The quantitative estimate of drug-likeness (QED) is 0.894. The number of nitrogens with zero attached hydrogens (tertiary/aromatic N) is 1. The zero-order valence-corrected chi connectivity index (χ0v) is 12.4. The van der Waals surface area contributed by atoms with Crippen LogP contribution in [0.1, 0.15) is 10.4 Å². The third kappa shape index (κ3) is 3.24. The number of hydrogen-bond acceptors (Lipinski definition) is 3. The normalized spacial score (nSPS) is 10.1. The van der Waals surface area contributed by atoms with E-state index in [1.165, 1.54) is 6.20 Å². The summed E-state index contributed by atoms with van der Waals surface area (Å²) in [6, 6.07) is 7.00. The van der Waals surface area contributed by atoms with Gasteiger partial charge in [-0.25, -0.2) is 0 Å². The summed E-state index contributed by atoms with van der Waals surface area (Å²) in [4.78, 5) is 16.1. The van der Waals surface area contributed by atoms with E-state index in [0.717, 1.165) is 4.47 Å². The molecule has 1 aromatic heterocycles. The molecule has 0 radical (unpaired) electrons. The van der Waals surface area contributed by atoms with Crippen molar-refractivity contribution in [2.45, 2.75) is 0 Å². The summed E-state index contributed by atoms with van der Waals surface area (Å²) in [5.74, 6) is -0.266. The van der Waals surface area contributed by atoms with Gasteiger partial charge < -0.3 is 10.6 Å². The third-order valence-corrected chi connectivity index (χ3v) is 3.33. The molecule has 4 nitrogen and oxygen atoms in total. The molecule has 19 heavy (non-hydrogen) atoms. The second-order valence-electron chi connectivity index (χ2n) is 3.75. The Bertz CT molecular complexity index is 619. The van der Waals surface area contributed by atoms with Crippen molar-refractivity contribution in [1.29, 1.82) is 0 Å². The Kier molecular flexibility index (Phi) is 4.39. The third-order valence-electron chi connectivity index (χ3n) is 2.51. The van der Waals surface area contributed by atoms with Crippen LogP contribution in [0.2, 0.25) is 5.02 Å². The van der Waals surface area contributed by atoms with Gasteiger partial charge in [-0.3, -0.25) is 9.78 Å². The number of halogens is 2. The maximum absolute atomic E-state index is 12.2. The van der Waals surface area contributed by atoms with Gasteiger partial charge in [0.15, 0.2) is 0 Å². The van der Waals surface area contributed by atoms with Crippen molar-refractivity contribution < 1.29 is 4.79 Å². The molecule has 1 heterocycles. The molecule has 2 aromatic rings. The Balaban J connectivity index is 2.28. The highest BCUT2D eigenvalue weighted by Gasteiger charge is 2.12.